The highest BCUT2D eigenvalue weighted by Crippen LogP contribution is 2.09. The fraction of sp³-hybridized carbons (Fsp3) is 0.600. The molecule has 0 saturated heterocycles. The SMILES string of the molecule is CCCCCCCCCC=CCCCc1[c]cccc1. The van der Waals surface area contributed by atoms with Gasteiger partial charge in [-0.3, -0.25) is 0 Å². The van der Waals surface area contributed by atoms with Crippen molar-refractivity contribution < 1.29 is 0 Å². The van der Waals surface area contributed by atoms with Crippen LogP contribution in [0.15, 0.2) is 36.4 Å². The average molecular weight is 271 g/mol. The third-order valence-corrected chi connectivity index (χ3v) is 3.73. The molecule has 0 aliphatic rings. The van der Waals surface area contributed by atoms with E-state index in [-0.39, 0.29) is 0 Å². The summed E-state index contributed by atoms with van der Waals surface area (Å²) >= 11 is 0. The lowest BCUT2D eigenvalue weighted by atomic mass is 10.1. The van der Waals surface area contributed by atoms with Crippen molar-refractivity contribution in [1.82, 2.24) is 0 Å². The highest BCUT2D eigenvalue weighted by molar-refractivity contribution is 5.12. The Hall–Kier alpha value is -1.04. The first-order chi connectivity index (χ1) is 9.93. The second kappa shape index (κ2) is 13.0. The Morgan fingerprint density at radius 1 is 0.850 bits per heavy atom. The molecule has 0 unspecified atom stereocenters. The van der Waals surface area contributed by atoms with Gasteiger partial charge in [0.15, 0.2) is 0 Å². The Morgan fingerprint density at radius 3 is 2.25 bits per heavy atom. The van der Waals surface area contributed by atoms with Gasteiger partial charge in [-0.05, 0) is 43.7 Å². The third kappa shape index (κ3) is 9.83. The van der Waals surface area contributed by atoms with Crippen LogP contribution in [0.4, 0.5) is 0 Å². The summed E-state index contributed by atoms with van der Waals surface area (Å²) in [5.74, 6) is 0. The molecular weight excluding hydrogens is 240 g/mol. The van der Waals surface area contributed by atoms with Gasteiger partial charge in [-0.2, -0.15) is 0 Å². The van der Waals surface area contributed by atoms with E-state index < -0.39 is 0 Å². The summed E-state index contributed by atoms with van der Waals surface area (Å²) in [5.41, 5.74) is 1.34. The van der Waals surface area contributed by atoms with Gasteiger partial charge in [0, 0.05) is 0 Å². The molecule has 20 heavy (non-hydrogen) atoms. The van der Waals surface area contributed by atoms with E-state index in [1.165, 1.54) is 69.8 Å². The quantitative estimate of drug-likeness (QED) is 0.300. The maximum atomic E-state index is 3.28. The van der Waals surface area contributed by atoms with Crippen LogP contribution in [-0.2, 0) is 6.42 Å². The summed E-state index contributed by atoms with van der Waals surface area (Å²) in [6, 6.07) is 11.6. The first kappa shape index (κ1) is 17.0. The van der Waals surface area contributed by atoms with Crippen molar-refractivity contribution in [2.45, 2.75) is 77.6 Å². The number of aryl methyl sites for hydroxylation is 1. The molecule has 0 N–H and O–H groups in total. The Balaban J connectivity index is 1.85. The topological polar surface area (TPSA) is 0 Å². The Labute approximate surface area is 126 Å². The van der Waals surface area contributed by atoms with Crippen molar-refractivity contribution in [3.05, 3.63) is 48.0 Å². The minimum Gasteiger partial charge on any atom is -0.0885 e. The number of rotatable bonds is 12. The highest BCUT2D eigenvalue weighted by Gasteiger charge is 1.91. The molecule has 1 radical (unpaired) electrons. The number of hydrogen-bond donors (Lipinski definition) is 0. The van der Waals surface area contributed by atoms with Crippen molar-refractivity contribution in [2.75, 3.05) is 0 Å². The molecule has 0 heteroatoms. The molecule has 1 aromatic rings. The Morgan fingerprint density at radius 2 is 1.55 bits per heavy atom. The molecule has 0 saturated carbocycles. The van der Waals surface area contributed by atoms with Crippen LogP contribution in [0.2, 0.25) is 0 Å². The predicted molar refractivity (Wildman–Crippen MR) is 90.0 cm³/mol. The van der Waals surface area contributed by atoms with E-state index in [4.69, 9.17) is 0 Å². The molecule has 1 rings (SSSR count). The predicted octanol–water partition coefficient (Wildman–Crippen LogP) is 6.51. The largest absolute Gasteiger partial charge is 0.0885 e. The van der Waals surface area contributed by atoms with Gasteiger partial charge in [-0.15, -0.1) is 0 Å². The van der Waals surface area contributed by atoms with Crippen LogP contribution in [0.5, 0.6) is 0 Å². The van der Waals surface area contributed by atoms with E-state index in [9.17, 15) is 0 Å². The molecule has 0 spiro atoms. The minimum absolute atomic E-state index is 1.16. The number of unbranched alkanes of at least 4 members (excludes halogenated alkanes) is 8. The van der Waals surface area contributed by atoms with Gasteiger partial charge in [0.25, 0.3) is 0 Å². The second-order valence-electron chi connectivity index (χ2n) is 5.66. The standard InChI is InChI=1S/C20H31/c1-2-3-4-5-6-7-8-9-10-11-12-14-17-20-18-15-13-16-19-20/h10-11,13,15-16,18H,2-9,12,14,17H2,1H3. The summed E-state index contributed by atoms with van der Waals surface area (Å²) in [5, 5.41) is 0. The van der Waals surface area contributed by atoms with E-state index >= 15 is 0 Å². The molecule has 0 aliphatic heterocycles. The molecule has 0 nitrogen and oxygen atoms in total. The summed E-state index contributed by atoms with van der Waals surface area (Å²) in [6.07, 6.45) is 19.5. The van der Waals surface area contributed by atoms with Crippen molar-refractivity contribution in [3.63, 3.8) is 0 Å². The molecule has 0 amide bonds. The van der Waals surface area contributed by atoms with Crippen LogP contribution < -0.4 is 0 Å². The number of benzene rings is 1. The Bertz CT molecular complexity index is 323. The lowest BCUT2D eigenvalue weighted by molar-refractivity contribution is 0.592. The van der Waals surface area contributed by atoms with E-state index in [1.54, 1.807) is 0 Å². The first-order valence-corrected chi connectivity index (χ1v) is 8.54. The van der Waals surface area contributed by atoms with Gasteiger partial charge >= 0.3 is 0 Å². The van der Waals surface area contributed by atoms with Crippen molar-refractivity contribution >= 4 is 0 Å². The summed E-state index contributed by atoms with van der Waals surface area (Å²) in [7, 11) is 0. The molecule has 0 bridgehead atoms. The van der Waals surface area contributed by atoms with Gasteiger partial charge in [-0.1, -0.05) is 81.9 Å². The molecular formula is C20H31. The highest BCUT2D eigenvalue weighted by atomic mass is 14.0. The van der Waals surface area contributed by atoms with Gasteiger partial charge in [0.05, 0.1) is 0 Å². The maximum absolute atomic E-state index is 3.28. The molecule has 0 atom stereocenters. The monoisotopic (exact) mass is 271 g/mol. The summed E-state index contributed by atoms with van der Waals surface area (Å²) in [4.78, 5) is 0. The maximum Gasteiger partial charge on any atom is -0.0149 e. The van der Waals surface area contributed by atoms with Crippen LogP contribution >= 0.6 is 0 Å². The van der Waals surface area contributed by atoms with E-state index in [2.05, 4.69) is 37.3 Å². The number of hydrogen-bond acceptors (Lipinski definition) is 0. The van der Waals surface area contributed by atoms with E-state index in [0.717, 1.165) is 6.42 Å². The third-order valence-electron chi connectivity index (χ3n) is 3.73. The van der Waals surface area contributed by atoms with Gasteiger partial charge in [-0.25, -0.2) is 0 Å². The average Bonchev–Trinajstić information content (AvgIpc) is 2.49. The molecule has 0 heterocycles. The molecule has 111 valence electrons. The minimum atomic E-state index is 1.16. The zero-order chi connectivity index (χ0) is 14.3. The van der Waals surface area contributed by atoms with Gasteiger partial charge in [0.1, 0.15) is 0 Å². The smallest absolute Gasteiger partial charge is 0.0149 e. The van der Waals surface area contributed by atoms with Crippen LogP contribution in [0.1, 0.15) is 76.7 Å². The van der Waals surface area contributed by atoms with Crippen molar-refractivity contribution in [3.8, 4) is 0 Å². The molecule has 0 aromatic heterocycles. The van der Waals surface area contributed by atoms with E-state index in [1.807, 2.05) is 12.1 Å². The first-order valence-electron chi connectivity index (χ1n) is 8.54. The van der Waals surface area contributed by atoms with Crippen LogP contribution in [0, 0.1) is 6.07 Å². The fourth-order valence-corrected chi connectivity index (χ4v) is 2.45. The number of allylic oxidation sites excluding steroid dienone is 2. The summed E-state index contributed by atoms with van der Waals surface area (Å²) in [6.45, 7) is 2.28. The van der Waals surface area contributed by atoms with Crippen molar-refractivity contribution in [2.24, 2.45) is 0 Å². The second-order valence-corrected chi connectivity index (χ2v) is 5.66. The molecule has 0 aliphatic carbocycles. The Kier molecular flexibility index (Phi) is 11.0. The zero-order valence-electron chi connectivity index (χ0n) is 13.2. The van der Waals surface area contributed by atoms with E-state index in [0.29, 0.717) is 0 Å². The zero-order valence-corrected chi connectivity index (χ0v) is 13.2. The van der Waals surface area contributed by atoms with Crippen LogP contribution in [0.3, 0.4) is 0 Å². The van der Waals surface area contributed by atoms with Crippen LogP contribution in [0.25, 0.3) is 0 Å². The fourth-order valence-electron chi connectivity index (χ4n) is 2.45. The normalized spacial score (nSPS) is 11.2. The van der Waals surface area contributed by atoms with Crippen LogP contribution in [-0.4, -0.2) is 0 Å². The van der Waals surface area contributed by atoms with Gasteiger partial charge in [0.2, 0.25) is 0 Å². The summed E-state index contributed by atoms with van der Waals surface area (Å²) < 4.78 is 0. The van der Waals surface area contributed by atoms with Crippen molar-refractivity contribution in [1.29, 1.82) is 0 Å². The molecule has 1 aromatic carbocycles. The lowest BCUT2D eigenvalue weighted by Gasteiger charge is -1.99. The van der Waals surface area contributed by atoms with Gasteiger partial charge < -0.3 is 0 Å². The molecule has 0 fully saturated rings. The lowest BCUT2D eigenvalue weighted by Crippen LogP contribution is -1.83.